The molecule has 0 saturated carbocycles. The number of hydrogen-bond acceptors (Lipinski definition) is 5. The van der Waals surface area contributed by atoms with Crippen molar-refractivity contribution in [3.63, 3.8) is 0 Å². The van der Waals surface area contributed by atoms with Gasteiger partial charge in [0.25, 0.3) is 6.47 Å². The molecule has 0 aliphatic carbocycles. The number of rotatable bonds is 7. The Morgan fingerprint density at radius 3 is 2.75 bits per heavy atom. The molecule has 1 aromatic heterocycles. The van der Waals surface area contributed by atoms with E-state index < -0.39 is 0 Å². The van der Waals surface area contributed by atoms with E-state index in [2.05, 4.69) is 15.2 Å². The predicted molar refractivity (Wildman–Crippen MR) is 90.6 cm³/mol. The number of nitrogens with one attached hydrogen (secondary N) is 1. The Balaban J connectivity index is 0.000000891. The second-order valence-corrected chi connectivity index (χ2v) is 5.71. The molecule has 1 aliphatic heterocycles. The third-order valence-corrected chi connectivity index (χ3v) is 4.02. The Labute approximate surface area is 142 Å². The number of aromatic nitrogens is 1. The van der Waals surface area contributed by atoms with E-state index >= 15 is 0 Å². The van der Waals surface area contributed by atoms with Crippen LogP contribution in [0.25, 0.3) is 0 Å². The van der Waals surface area contributed by atoms with Gasteiger partial charge < -0.3 is 15.5 Å². The maximum atomic E-state index is 11.8. The van der Waals surface area contributed by atoms with E-state index in [1.54, 1.807) is 12.4 Å². The first kappa shape index (κ1) is 20.1. The summed E-state index contributed by atoms with van der Waals surface area (Å²) in [4.78, 5) is 26.4. The molecule has 2 heterocycles. The standard InChI is InChI=1S/C16H25N3O2.CH2O2/c20-13-15-4-1-2-10-19(15)11-3-7-18-16(21)12-14-5-8-17-9-6-14;2-1-3/h5-6,8-9,15,20H,1-4,7,10-13H2,(H,18,21);1H,(H,2,3). The van der Waals surface area contributed by atoms with Gasteiger partial charge in [-0.05, 0) is 43.5 Å². The molecule has 1 aliphatic rings. The molecular weight excluding hydrogens is 310 g/mol. The number of carbonyl (C=O) groups is 2. The number of likely N-dealkylation sites (tertiary alicyclic amines) is 1. The molecule has 3 N–H and O–H groups in total. The molecule has 1 amide bonds. The Morgan fingerprint density at radius 1 is 1.38 bits per heavy atom. The Morgan fingerprint density at radius 2 is 2.08 bits per heavy atom. The van der Waals surface area contributed by atoms with Gasteiger partial charge >= 0.3 is 0 Å². The minimum atomic E-state index is -0.250. The largest absolute Gasteiger partial charge is 0.483 e. The summed E-state index contributed by atoms with van der Waals surface area (Å²) in [7, 11) is 0. The van der Waals surface area contributed by atoms with Crippen LogP contribution in [-0.4, -0.2) is 64.8 Å². The number of carboxylic acid groups (broad SMARTS) is 1. The summed E-state index contributed by atoms with van der Waals surface area (Å²) in [5.74, 6) is 0.0542. The van der Waals surface area contributed by atoms with Crippen LogP contribution in [0.15, 0.2) is 24.5 Å². The average Bonchev–Trinajstić information content (AvgIpc) is 2.60. The first-order chi connectivity index (χ1) is 11.7. The molecule has 1 fully saturated rings. The topological polar surface area (TPSA) is 103 Å². The van der Waals surface area contributed by atoms with Crippen molar-refractivity contribution < 1.29 is 19.8 Å². The molecule has 1 atom stereocenters. The summed E-state index contributed by atoms with van der Waals surface area (Å²) >= 11 is 0. The molecule has 7 heteroatoms. The first-order valence-corrected chi connectivity index (χ1v) is 8.29. The lowest BCUT2D eigenvalue weighted by atomic mass is 10.0. The SMILES string of the molecule is O=C(Cc1ccncc1)NCCCN1CCCCC1CO.O=CO. The van der Waals surface area contributed by atoms with Gasteiger partial charge in [0.1, 0.15) is 0 Å². The number of aliphatic hydroxyl groups is 1. The summed E-state index contributed by atoms with van der Waals surface area (Å²) in [6.45, 7) is 2.70. The molecule has 0 radical (unpaired) electrons. The van der Waals surface area contributed by atoms with Crippen LogP contribution in [0.2, 0.25) is 0 Å². The summed E-state index contributed by atoms with van der Waals surface area (Å²) < 4.78 is 0. The number of hydrogen-bond donors (Lipinski definition) is 3. The van der Waals surface area contributed by atoms with Gasteiger partial charge in [-0.1, -0.05) is 6.42 Å². The third-order valence-electron chi connectivity index (χ3n) is 4.02. The summed E-state index contributed by atoms with van der Waals surface area (Å²) in [5, 5.41) is 19.2. The smallest absolute Gasteiger partial charge is 0.290 e. The molecular formula is C17H27N3O4. The second kappa shape index (κ2) is 12.4. The quantitative estimate of drug-likeness (QED) is 0.499. The van der Waals surface area contributed by atoms with Gasteiger partial charge in [0.2, 0.25) is 5.91 Å². The summed E-state index contributed by atoms with van der Waals surface area (Å²) in [5.41, 5.74) is 0.985. The van der Waals surface area contributed by atoms with Crippen LogP contribution in [0.5, 0.6) is 0 Å². The molecule has 0 aromatic carbocycles. The van der Waals surface area contributed by atoms with E-state index in [9.17, 15) is 9.90 Å². The molecule has 134 valence electrons. The van der Waals surface area contributed by atoms with Gasteiger partial charge in [0.15, 0.2) is 0 Å². The maximum Gasteiger partial charge on any atom is 0.290 e. The fourth-order valence-corrected chi connectivity index (χ4v) is 2.82. The molecule has 1 unspecified atom stereocenters. The van der Waals surface area contributed by atoms with Crippen LogP contribution in [0.1, 0.15) is 31.2 Å². The fraction of sp³-hybridized carbons (Fsp3) is 0.588. The minimum Gasteiger partial charge on any atom is -0.483 e. The van der Waals surface area contributed by atoms with E-state index in [4.69, 9.17) is 9.90 Å². The Kier molecular flexibility index (Phi) is 10.4. The highest BCUT2D eigenvalue weighted by atomic mass is 16.3. The van der Waals surface area contributed by atoms with Crippen molar-refractivity contribution in [3.8, 4) is 0 Å². The molecule has 24 heavy (non-hydrogen) atoms. The number of pyridine rings is 1. The zero-order chi connectivity index (χ0) is 17.6. The van der Waals surface area contributed by atoms with E-state index in [-0.39, 0.29) is 19.0 Å². The zero-order valence-corrected chi connectivity index (χ0v) is 13.9. The molecule has 0 bridgehead atoms. The van der Waals surface area contributed by atoms with Crippen LogP contribution in [0.4, 0.5) is 0 Å². The molecule has 0 spiro atoms. The van der Waals surface area contributed by atoms with Crippen molar-refractivity contribution in [2.24, 2.45) is 0 Å². The first-order valence-electron chi connectivity index (χ1n) is 8.29. The van der Waals surface area contributed by atoms with Crippen molar-refractivity contribution >= 4 is 12.4 Å². The number of piperidine rings is 1. The van der Waals surface area contributed by atoms with Crippen LogP contribution in [-0.2, 0) is 16.0 Å². The highest BCUT2D eigenvalue weighted by molar-refractivity contribution is 5.78. The number of carbonyl (C=O) groups excluding carboxylic acids is 1. The number of amides is 1. The van der Waals surface area contributed by atoms with Crippen molar-refractivity contribution in [1.29, 1.82) is 0 Å². The van der Waals surface area contributed by atoms with Crippen molar-refractivity contribution in [1.82, 2.24) is 15.2 Å². The summed E-state index contributed by atoms with van der Waals surface area (Å²) in [6.07, 6.45) is 8.26. The zero-order valence-electron chi connectivity index (χ0n) is 13.9. The van der Waals surface area contributed by atoms with Crippen molar-refractivity contribution in [2.75, 3.05) is 26.2 Å². The fourth-order valence-electron chi connectivity index (χ4n) is 2.82. The number of aliphatic hydroxyl groups excluding tert-OH is 1. The Hall–Kier alpha value is -1.99. The van der Waals surface area contributed by atoms with Crippen LogP contribution in [0.3, 0.4) is 0 Å². The van der Waals surface area contributed by atoms with Gasteiger partial charge in [0.05, 0.1) is 13.0 Å². The summed E-state index contributed by atoms with van der Waals surface area (Å²) in [6, 6.07) is 4.03. The van der Waals surface area contributed by atoms with Crippen LogP contribution in [0, 0.1) is 0 Å². The van der Waals surface area contributed by atoms with Gasteiger partial charge in [-0.15, -0.1) is 0 Å². The highest BCUT2D eigenvalue weighted by Crippen LogP contribution is 2.16. The molecule has 1 aromatic rings. The maximum absolute atomic E-state index is 11.8. The van der Waals surface area contributed by atoms with Crippen LogP contribution < -0.4 is 5.32 Å². The van der Waals surface area contributed by atoms with Gasteiger partial charge in [0, 0.05) is 31.5 Å². The van der Waals surface area contributed by atoms with Crippen molar-refractivity contribution in [2.45, 2.75) is 38.1 Å². The average molecular weight is 337 g/mol. The van der Waals surface area contributed by atoms with E-state index in [0.717, 1.165) is 31.5 Å². The van der Waals surface area contributed by atoms with Gasteiger partial charge in [-0.3, -0.25) is 19.5 Å². The lowest BCUT2D eigenvalue weighted by molar-refractivity contribution is -0.123. The third kappa shape index (κ3) is 8.03. The minimum absolute atomic E-state index is 0.0542. The lowest BCUT2D eigenvalue weighted by Gasteiger charge is -2.34. The highest BCUT2D eigenvalue weighted by Gasteiger charge is 2.20. The Bertz CT molecular complexity index is 470. The molecule has 2 rings (SSSR count). The second-order valence-electron chi connectivity index (χ2n) is 5.71. The molecule has 1 saturated heterocycles. The van der Waals surface area contributed by atoms with Gasteiger partial charge in [-0.25, -0.2) is 0 Å². The van der Waals surface area contributed by atoms with Crippen molar-refractivity contribution in [3.05, 3.63) is 30.1 Å². The normalized spacial score (nSPS) is 17.5. The monoisotopic (exact) mass is 337 g/mol. The van der Waals surface area contributed by atoms with E-state index in [1.807, 2.05) is 12.1 Å². The van der Waals surface area contributed by atoms with E-state index in [0.29, 0.717) is 19.0 Å². The lowest BCUT2D eigenvalue weighted by Crippen LogP contribution is -2.43. The number of nitrogens with zero attached hydrogens (tertiary/aromatic N) is 2. The molecule has 7 nitrogen and oxygen atoms in total. The van der Waals surface area contributed by atoms with Gasteiger partial charge in [-0.2, -0.15) is 0 Å². The predicted octanol–water partition coefficient (Wildman–Crippen LogP) is 0.678. The van der Waals surface area contributed by atoms with E-state index in [1.165, 1.54) is 12.8 Å². The van der Waals surface area contributed by atoms with Crippen LogP contribution >= 0.6 is 0 Å².